The Hall–Kier alpha value is -1.94. The van der Waals surface area contributed by atoms with Crippen LogP contribution >= 0.6 is 0 Å². The van der Waals surface area contributed by atoms with Gasteiger partial charge in [0, 0.05) is 35.8 Å². The van der Waals surface area contributed by atoms with E-state index >= 15 is 0 Å². The van der Waals surface area contributed by atoms with E-state index in [9.17, 15) is 14.7 Å². The number of hydrogen-bond acceptors (Lipinski definition) is 4. The van der Waals surface area contributed by atoms with Crippen molar-refractivity contribution in [1.82, 2.24) is 0 Å². The van der Waals surface area contributed by atoms with E-state index in [-0.39, 0.29) is 22.9 Å². The predicted molar refractivity (Wildman–Crippen MR) is 86.5 cm³/mol. The number of benzene rings is 1. The summed E-state index contributed by atoms with van der Waals surface area (Å²) < 4.78 is 27.0. The Morgan fingerprint density at radius 2 is 1.59 bits per heavy atom. The van der Waals surface area contributed by atoms with Crippen LogP contribution in [0, 0.1) is 45.1 Å². The molecule has 3 radical (unpaired) electrons. The van der Waals surface area contributed by atoms with Gasteiger partial charge >= 0.3 is 33.9 Å². The maximum absolute atomic E-state index is 11.9. The molecule has 0 fully saturated rings. The van der Waals surface area contributed by atoms with Gasteiger partial charge in [0.15, 0.2) is 0 Å². The van der Waals surface area contributed by atoms with Gasteiger partial charge in [-0.3, -0.25) is 4.79 Å². The Morgan fingerprint density at radius 3 is 2.04 bits per heavy atom. The second-order valence-corrected chi connectivity index (χ2v) is 4.50. The zero-order valence-electron chi connectivity index (χ0n) is 14.6. The number of aliphatic hydroxyl groups excluding tert-OH is 1. The first-order valence-corrected chi connectivity index (χ1v) is 6.98. The third-order valence-corrected chi connectivity index (χ3v) is 2.94. The molecule has 0 saturated heterocycles. The van der Waals surface area contributed by atoms with E-state index in [1.165, 1.54) is 19.3 Å². The largest absolute Gasteiger partial charge is 0 e. The van der Waals surface area contributed by atoms with E-state index in [4.69, 9.17) is 14.0 Å². The van der Waals surface area contributed by atoms with Gasteiger partial charge in [0.2, 0.25) is 0 Å². The van der Waals surface area contributed by atoms with Crippen LogP contribution < -0.4 is 0 Å². The molecule has 1 aromatic carbocycles. The monoisotopic (exact) mass is 414 g/mol. The van der Waals surface area contributed by atoms with Crippen molar-refractivity contribution in [2.75, 3.05) is 0 Å². The molecule has 3 atom stereocenters. The first-order chi connectivity index (χ1) is 12.6. The molecule has 0 aliphatic heterocycles. The zero-order chi connectivity index (χ0) is 21.0. The number of carbonyl (C=O) groups excluding carboxylic acids is 2. The van der Waals surface area contributed by atoms with Crippen LogP contribution in [0.15, 0.2) is 30.3 Å². The number of rotatable bonds is 9. The van der Waals surface area contributed by atoms with Crippen LogP contribution in [-0.2, 0) is 45.4 Å². The van der Waals surface area contributed by atoms with Crippen molar-refractivity contribution in [2.45, 2.75) is 26.1 Å². The van der Waals surface area contributed by atoms with Gasteiger partial charge in [0.05, 0.1) is 12.2 Å². The molecule has 0 unspecified atom stereocenters. The minimum atomic E-state index is -0.842. The normalized spacial score (nSPS) is 11.4. The van der Waals surface area contributed by atoms with Crippen molar-refractivity contribution in [3.05, 3.63) is 75.1 Å². The molecule has 0 saturated carbocycles. The second-order valence-electron chi connectivity index (χ2n) is 4.50. The number of carbonyl (C=O) groups is 1. The molecule has 0 bridgehead atoms. The van der Waals surface area contributed by atoms with E-state index < -0.39 is 18.1 Å². The maximum atomic E-state index is 11.9. The molecule has 145 valence electrons. The average Bonchev–Trinajstić information content (AvgIpc) is 2.72. The molecule has 27 heavy (non-hydrogen) atoms. The number of ether oxygens (including phenoxy) is 1. The topological polar surface area (TPSA) is 123 Å². The third kappa shape index (κ3) is 16.0. The summed E-state index contributed by atoms with van der Waals surface area (Å²) in [6, 6.07) is 9.03. The minimum absolute atomic E-state index is 0. The summed E-state index contributed by atoms with van der Waals surface area (Å²) in [5.74, 6) is -0.740. The standard InChI is InChI=1S/C16H18O4.3CO.Fe/c1-12(20-11-17)7-6-10-15(18)13(2)16(19)14-8-4-3-5-9-14;3*1-2;/h3-10,12-13,16,19H,1-2H3;;;;/q-1;;;;/t12-,13-,16-;;;;/m1..../s1. The molecule has 8 heteroatoms. The Kier molecular flexibility index (Phi) is 29.1. The first kappa shape index (κ1) is 32.7. The van der Waals surface area contributed by atoms with E-state index in [0.29, 0.717) is 5.56 Å². The molecule has 1 aromatic rings. The van der Waals surface area contributed by atoms with E-state index in [2.05, 4.69) is 24.7 Å². The molecule has 0 amide bonds. The average molecular weight is 414 g/mol. The molecule has 0 aliphatic carbocycles. The summed E-state index contributed by atoms with van der Waals surface area (Å²) in [4.78, 5) is 21.9. The summed E-state index contributed by atoms with van der Waals surface area (Å²) in [6.07, 6.45) is 3.15. The molecule has 0 spiro atoms. The molecular formula is C19H18FeO7-. The minimum Gasteiger partial charge on any atom is 0 e. The van der Waals surface area contributed by atoms with Crippen LogP contribution in [0.3, 0.4) is 0 Å². The number of Topliss-reactive ketones (excluding diaryl/α,β-unsaturated/α-hetero) is 1. The first-order valence-electron chi connectivity index (χ1n) is 6.98. The second kappa shape index (κ2) is 24.1. The molecule has 0 aliphatic rings. The fourth-order valence-electron chi connectivity index (χ4n) is 1.67. The van der Waals surface area contributed by atoms with Gasteiger partial charge in [-0.25, -0.2) is 0 Å². The van der Waals surface area contributed by atoms with Crippen molar-refractivity contribution >= 4 is 12.3 Å². The van der Waals surface area contributed by atoms with E-state index in [1.54, 1.807) is 32.4 Å². The molecule has 0 aromatic heterocycles. The summed E-state index contributed by atoms with van der Waals surface area (Å²) >= 11 is 0. The van der Waals surface area contributed by atoms with Crippen LogP contribution in [0.2, 0.25) is 0 Å². The van der Waals surface area contributed by atoms with E-state index in [1.807, 2.05) is 18.2 Å². The molecule has 1 N–H and O–H groups in total. The van der Waals surface area contributed by atoms with Crippen LogP contribution in [-0.4, -0.2) is 23.5 Å². The van der Waals surface area contributed by atoms with E-state index in [0.717, 1.165) is 0 Å². The van der Waals surface area contributed by atoms with Gasteiger partial charge in [-0.05, 0) is 18.9 Å². The zero-order valence-corrected chi connectivity index (χ0v) is 15.7. The summed E-state index contributed by atoms with van der Waals surface area (Å²) in [6.45, 7) is 18.2. The Morgan fingerprint density at radius 1 is 1.11 bits per heavy atom. The molecule has 7 nitrogen and oxygen atoms in total. The third-order valence-electron chi connectivity index (χ3n) is 2.94. The van der Waals surface area contributed by atoms with Gasteiger partial charge in [0.25, 0.3) is 0 Å². The maximum Gasteiger partial charge on any atom is 0 e. The van der Waals surface area contributed by atoms with Crippen molar-refractivity contribution in [3.8, 4) is 0 Å². The smallest absolute Gasteiger partial charge is 0 e. The number of hydrogen-bond donors (Lipinski definition) is 1. The van der Waals surface area contributed by atoms with Crippen LogP contribution in [0.5, 0.6) is 0 Å². The van der Waals surface area contributed by atoms with Gasteiger partial charge in [-0.2, -0.15) is 0 Å². The fourth-order valence-corrected chi connectivity index (χ4v) is 1.67. The Labute approximate surface area is 170 Å². The molecular weight excluding hydrogens is 396 g/mol. The van der Waals surface area contributed by atoms with Crippen LogP contribution in [0.25, 0.3) is 0 Å². The SMILES string of the molecule is C[C@H]([CH][CH][CH]C(=O)[C@@H](C)[C@@H](O)c1ccccc1)O[C-]=O.[C-]#[O+].[C-]#[O+].[C-]#[O+].[Fe]. The molecule has 0 heterocycles. The van der Waals surface area contributed by atoms with Gasteiger partial charge < -0.3 is 14.6 Å². The van der Waals surface area contributed by atoms with Gasteiger partial charge in [-0.1, -0.05) is 43.7 Å². The number of aliphatic hydroxyl groups is 1. The Bertz CT molecular complexity index is 526. The van der Waals surface area contributed by atoms with Gasteiger partial charge in [0.1, 0.15) is 5.78 Å². The predicted octanol–water partition coefficient (Wildman–Crippen LogP) is 1.90. The fraction of sp³-hybridized carbons (Fsp3) is 0.263. The van der Waals surface area contributed by atoms with Crippen molar-refractivity contribution in [2.24, 2.45) is 5.92 Å². The van der Waals surface area contributed by atoms with Crippen LogP contribution in [0.1, 0.15) is 25.5 Å². The van der Waals surface area contributed by atoms with Crippen LogP contribution in [0.4, 0.5) is 0 Å². The van der Waals surface area contributed by atoms with Gasteiger partial charge in [-0.15, -0.1) is 0 Å². The molecule has 1 rings (SSSR count). The quantitative estimate of drug-likeness (QED) is 0.377. The van der Waals surface area contributed by atoms with Crippen molar-refractivity contribution < 1.29 is 50.5 Å². The summed E-state index contributed by atoms with van der Waals surface area (Å²) in [7, 11) is 0. The van der Waals surface area contributed by atoms with Crippen molar-refractivity contribution in [1.29, 1.82) is 0 Å². The number of ketones is 1. The Balaban J connectivity index is -0.000000342. The van der Waals surface area contributed by atoms with Crippen molar-refractivity contribution in [3.63, 3.8) is 0 Å². The summed E-state index contributed by atoms with van der Waals surface area (Å²) in [5, 5.41) is 10.1. The summed E-state index contributed by atoms with van der Waals surface area (Å²) in [5.41, 5.74) is 0.706.